The number of hydrogen-bond acceptors (Lipinski definition) is 3. The van der Waals surface area contributed by atoms with Crippen molar-refractivity contribution in [1.29, 1.82) is 0 Å². The van der Waals surface area contributed by atoms with Gasteiger partial charge in [-0.1, -0.05) is 12.1 Å². The molecule has 0 saturated heterocycles. The first-order chi connectivity index (χ1) is 12.9. The SMILES string of the molecule is CN(CCc1ccc(OC(=O)C(F)(F)C(F)(F)F)cc1)C(=O)C(F)(F)C(F)(F)F. The summed E-state index contributed by atoms with van der Waals surface area (Å²) in [5.74, 6) is -17.4. The van der Waals surface area contributed by atoms with E-state index in [4.69, 9.17) is 0 Å². The van der Waals surface area contributed by atoms with Gasteiger partial charge in [-0.25, -0.2) is 4.79 Å². The Bertz CT molecular complexity index is 740. The van der Waals surface area contributed by atoms with E-state index in [2.05, 4.69) is 4.74 Å². The summed E-state index contributed by atoms with van der Waals surface area (Å²) in [6.07, 6.45) is -12.5. The highest BCUT2D eigenvalue weighted by atomic mass is 19.4. The largest absolute Gasteiger partial charge is 0.465 e. The average Bonchev–Trinajstić information content (AvgIpc) is 2.58. The van der Waals surface area contributed by atoms with Crippen molar-refractivity contribution >= 4 is 11.9 Å². The van der Waals surface area contributed by atoms with Gasteiger partial charge < -0.3 is 9.64 Å². The Hall–Kier alpha value is -2.54. The van der Waals surface area contributed by atoms with Crippen LogP contribution in [-0.2, 0) is 16.0 Å². The lowest BCUT2D eigenvalue weighted by Crippen LogP contribution is -2.51. The lowest BCUT2D eigenvalue weighted by atomic mass is 10.1. The van der Waals surface area contributed by atoms with Gasteiger partial charge in [0.05, 0.1) is 0 Å². The topological polar surface area (TPSA) is 46.6 Å². The fourth-order valence-electron chi connectivity index (χ4n) is 1.77. The van der Waals surface area contributed by atoms with Crippen LogP contribution < -0.4 is 4.74 Å². The molecular weight excluding hydrogens is 432 g/mol. The molecule has 0 N–H and O–H groups in total. The molecule has 4 nitrogen and oxygen atoms in total. The zero-order valence-electron chi connectivity index (χ0n) is 14.2. The van der Waals surface area contributed by atoms with Gasteiger partial charge in [-0.2, -0.15) is 43.9 Å². The summed E-state index contributed by atoms with van der Waals surface area (Å²) in [6, 6.07) is 3.64. The molecule has 0 spiro atoms. The van der Waals surface area contributed by atoms with Gasteiger partial charge in [-0.15, -0.1) is 0 Å². The monoisotopic (exact) mass is 443 g/mol. The number of hydrogen-bond donors (Lipinski definition) is 0. The number of nitrogens with zero attached hydrogens (tertiary/aromatic N) is 1. The fourth-order valence-corrected chi connectivity index (χ4v) is 1.77. The van der Waals surface area contributed by atoms with Crippen molar-refractivity contribution in [2.24, 2.45) is 0 Å². The van der Waals surface area contributed by atoms with Crippen LogP contribution in [0.4, 0.5) is 43.9 Å². The van der Waals surface area contributed by atoms with E-state index in [-0.39, 0.29) is 16.9 Å². The van der Waals surface area contributed by atoms with E-state index >= 15 is 0 Å². The van der Waals surface area contributed by atoms with Crippen molar-refractivity contribution in [3.8, 4) is 5.75 Å². The maximum Gasteiger partial charge on any atom is 0.465 e. The summed E-state index contributed by atoms with van der Waals surface area (Å²) in [5.41, 5.74) is 0.169. The molecule has 0 unspecified atom stereocenters. The van der Waals surface area contributed by atoms with Gasteiger partial charge in [0.25, 0.3) is 0 Å². The first-order valence-corrected chi connectivity index (χ1v) is 7.37. The molecule has 1 aromatic carbocycles. The van der Waals surface area contributed by atoms with Crippen molar-refractivity contribution in [2.45, 2.75) is 30.6 Å². The summed E-state index contributed by atoms with van der Waals surface area (Å²) in [5, 5.41) is 0. The summed E-state index contributed by atoms with van der Waals surface area (Å²) in [7, 11) is 0.692. The Morgan fingerprint density at radius 1 is 0.828 bits per heavy atom. The molecule has 0 bridgehead atoms. The predicted octanol–water partition coefficient (Wildman–Crippen LogP) is 3.99. The molecule has 0 radical (unpaired) electrons. The van der Waals surface area contributed by atoms with Gasteiger partial charge in [0.2, 0.25) is 0 Å². The molecule has 0 aliphatic carbocycles. The Labute approximate surface area is 156 Å². The number of halogens is 10. The highest BCUT2D eigenvalue weighted by Gasteiger charge is 2.65. The standard InChI is InChI=1S/C15H11F10NO3/c1-26(10(27)12(16,17)14(20,21)22)7-6-8-2-4-9(5-3-8)29-11(28)13(18,19)15(23,24)25/h2-5H,6-7H2,1H3. The van der Waals surface area contributed by atoms with Gasteiger partial charge in [0.15, 0.2) is 0 Å². The number of benzene rings is 1. The zero-order valence-corrected chi connectivity index (χ0v) is 14.2. The lowest BCUT2D eigenvalue weighted by Gasteiger charge is -2.24. The van der Waals surface area contributed by atoms with Crippen LogP contribution >= 0.6 is 0 Å². The van der Waals surface area contributed by atoms with Crippen LogP contribution in [0.15, 0.2) is 24.3 Å². The third kappa shape index (κ3) is 5.50. The Morgan fingerprint density at radius 3 is 1.69 bits per heavy atom. The minimum Gasteiger partial charge on any atom is -0.422 e. The van der Waals surface area contributed by atoms with E-state index in [1.54, 1.807) is 0 Å². The van der Waals surface area contributed by atoms with Crippen LogP contribution in [0.2, 0.25) is 0 Å². The molecule has 0 saturated carbocycles. The summed E-state index contributed by atoms with van der Waals surface area (Å²) in [4.78, 5) is 22.3. The number of likely N-dealkylation sites (N-methyl/N-ethyl adjacent to an activating group) is 1. The van der Waals surface area contributed by atoms with E-state index < -0.39 is 48.4 Å². The molecule has 0 aliphatic heterocycles. The first-order valence-electron chi connectivity index (χ1n) is 7.37. The van der Waals surface area contributed by atoms with Crippen LogP contribution in [0.25, 0.3) is 0 Å². The number of amides is 1. The molecule has 0 aliphatic rings. The van der Waals surface area contributed by atoms with Crippen molar-refractivity contribution in [1.82, 2.24) is 4.90 Å². The molecule has 0 heterocycles. The molecule has 0 aromatic heterocycles. The van der Waals surface area contributed by atoms with Gasteiger partial charge >= 0.3 is 36.1 Å². The van der Waals surface area contributed by atoms with Gasteiger partial charge in [-0.3, -0.25) is 4.79 Å². The van der Waals surface area contributed by atoms with Gasteiger partial charge in [0.1, 0.15) is 5.75 Å². The second kappa shape index (κ2) is 8.06. The van der Waals surface area contributed by atoms with E-state index in [1.807, 2.05) is 0 Å². The summed E-state index contributed by atoms with van der Waals surface area (Å²) in [6.45, 7) is -0.601. The fraction of sp³-hybridized carbons (Fsp3) is 0.467. The first kappa shape index (κ1) is 24.5. The van der Waals surface area contributed by atoms with Crippen LogP contribution in [0.5, 0.6) is 5.75 Å². The van der Waals surface area contributed by atoms with E-state index in [1.165, 1.54) is 0 Å². The average molecular weight is 443 g/mol. The molecule has 29 heavy (non-hydrogen) atoms. The third-order valence-electron chi connectivity index (χ3n) is 3.45. The van der Waals surface area contributed by atoms with Crippen molar-refractivity contribution in [3.05, 3.63) is 29.8 Å². The summed E-state index contributed by atoms with van der Waals surface area (Å²) < 4.78 is 128. The third-order valence-corrected chi connectivity index (χ3v) is 3.45. The van der Waals surface area contributed by atoms with Crippen molar-refractivity contribution in [2.75, 3.05) is 13.6 Å². The molecule has 1 aromatic rings. The highest BCUT2D eigenvalue weighted by molar-refractivity contribution is 5.84. The number of esters is 1. The van der Waals surface area contributed by atoms with Crippen LogP contribution in [-0.4, -0.2) is 54.6 Å². The Balaban J connectivity index is 2.72. The molecule has 164 valence electrons. The highest BCUT2D eigenvalue weighted by Crippen LogP contribution is 2.37. The number of carbonyl (C=O) groups excluding carboxylic acids is 2. The second-order valence-corrected chi connectivity index (χ2v) is 5.65. The van der Waals surface area contributed by atoms with Crippen LogP contribution in [0, 0.1) is 0 Å². The van der Waals surface area contributed by atoms with Crippen molar-refractivity contribution < 1.29 is 58.2 Å². The normalized spacial score (nSPS) is 13.2. The minimum absolute atomic E-state index is 0.116. The second-order valence-electron chi connectivity index (χ2n) is 5.65. The summed E-state index contributed by atoms with van der Waals surface area (Å²) >= 11 is 0. The maximum absolute atomic E-state index is 12.9. The smallest absolute Gasteiger partial charge is 0.422 e. The Morgan fingerprint density at radius 2 is 1.28 bits per heavy atom. The van der Waals surface area contributed by atoms with E-state index in [9.17, 15) is 53.5 Å². The number of carbonyl (C=O) groups is 2. The molecule has 14 heteroatoms. The molecule has 0 atom stereocenters. The molecule has 1 amide bonds. The zero-order chi connectivity index (χ0) is 22.8. The number of rotatable bonds is 6. The molecule has 0 fully saturated rings. The van der Waals surface area contributed by atoms with E-state index in [0.717, 1.165) is 24.3 Å². The predicted molar refractivity (Wildman–Crippen MR) is 75.4 cm³/mol. The minimum atomic E-state index is -6.17. The Kier molecular flexibility index (Phi) is 6.81. The molecular formula is C15H11F10NO3. The van der Waals surface area contributed by atoms with Crippen molar-refractivity contribution in [3.63, 3.8) is 0 Å². The van der Waals surface area contributed by atoms with Crippen LogP contribution in [0.1, 0.15) is 5.56 Å². The van der Waals surface area contributed by atoms with Crippen LogP contribution in [0.3, 0.4) is 0 Å². The quantitative estimate of drug-likeness (QED) is 0.380. The number of ether oxygens (including phenoxy) is 1. The maximum atomic E-state index is 12.9. The van der Waals surface area contributed by atoms with Gasteiger partial charge in [-0.05, 0) is 24.1 Å². The lowest BCUT2D eigenvalue weighted by molar-refractivity contribution is -0.276. The van der Waals surface area contributed by atoms with Gasteiger partial charge in [0, 0.05) is 13.6 Å². The molecule has 1 rings (SSSR count). The number of alkyl halides is 10. The van der Waals surface area contributed by atoms with E-state index in [0.29, 0.717) is 7.05 Å².